The lowest BCUT2D eigenvalue weighted by Gasteiger charge is -2.21. The number of anilines is 1. The fraction of sp³-hybridized carbons (Fsp3) is 0.125. The zero-order valence-electron chi connectivity index (χ0n) is 10.9. The van der Waals surface area contributed by atoms with E-state index in [1.165, 1.54) is 0 Å². The molecule has 3 nitrogen and oxygen atoms in total. The molecule has 0 aliphatic heterocycles. The van der Waals surface area contributed by atoms with Gasteiger partial charge in [0.2, 0.25) is 5.91 Å². The van der Waals surface area contributed by atoms with E-state index >= 15 is 0 Å². The van der Waals surface area contributed by atoms with Crippen molar-refractivity contribution >= 4 is 11.6 Å². The molecule has 0 saturated carbocycles. The highest BCUT2D eigenvalue weighted by Crippen LogP contribution is 2.21. The second kappa shape index (κ2) is 6.05. The van der Waals surface area contributed by atoms with Gasteiger partial charge in [0, 0.05) is 12.6 Å². The quantitative estimate of drug-likeness (QED) is 0.839. The Balaban J connectivity index is 2.22. The molecular formula is C16H16NO2. The fourth-order valence-electron chi connectivity index (χ4n) is 1.85. The summed E-state index contributed by atoms with van der Waals surface area (Å²) >= 11 is 0. The van der Waals surface area contributed by atoms with E-state index in [1.54, 1.807) is 12.0 Å². The highest BCUT2D eigenvalue weighted by atomic mass is 16.5. The van der Waals surface area contributed by atoms with Crippen LogP contribution in [0.2, 0.25) is 0 Å². The van der Waals surface area contributed by atoms with Gasteiger partial charge in [-0.05, 0) is 29.8 Å². The molecule has 0 heterocycles. The topological polar surface area (TPSA) is 29.5 Å². The molecule has 0 fully saturated rings. The van der Waals surface area contributed by atoms with Crippen molar-refractivity contribution < 1.29 is 9.53 Å². The maximum Gasteiger partial charge on any atom is 0.227 e. The molecule has 0 bridgehead atoms. The zero-order chi connectivity index (χ0) is 13.7. The number of rotatable bonds is 4. The molecule has 1 radical (unpaired) electrons. The van der Waals surface area contributed by atoms with Gasteiger partial charge in [-0.2, -0.15) is 0 Å². The van der Waals surface area contributed by atoms with Crippen LogP contribution in [0.15, 0.2) is 54.6 Å². The summed E-state index contributed by atoms with van der Waals surface area (Å²) in [7, 11) is 1.61. The van der Waals surface area contributed by atoms with Crippen molar-refractivity contribution in [1.82, 2.24) is 0 Å². The monoisotopic (exact) mass is 254 g/mol. The van der Waals surface area contributed by atoms with Crippen molar-refractivity contribution in [3.8, 4) is 5.75 Å². The van der Waals surface area contributed by atoms with E-state index in [2.05, 4.69) is 6.92 Å². The molecule has 19 heavy (non-hydrogen) atoms. The predicted molar refractivity (Wildman–Crippen MR) is 76.0 cm³/mol. The third-order valence-corrected chi connectivity index (χ3v) is 2.87. The number of nitrogens with zero attached hydrogens (tertiary/aromatic N) is 1. The van der Waals surface area contributed by atoms with E-state index in [0.29, 0.717) is 6.54 Å². The van der Waals surface area contributed by atoms with Gasteiger partial charge in [0.15, 0.2) is 0 Å². The molecule has 2 rings (SSSR count). The lowest BCUT2D eigenvalue weighted by molar-refractivity contribution is -0.114. The van der Waals surface area contributed by atoms with Crippen LogP contribution in [0, 0.1) is 6.92 Å². The number of ether oxygens (including phenoxy) is 1. The van der Waals surface area contributed by atoms with Crippen molar-refractivity contribution in [3.05, 3.63) is 67.1 Å². The van der Waals surface area contributed by atoms with Crippen LogP contribution in [-0.4, -0.2) is 13.0 Å². The van der Waals surface area contributed by atoms with Crippen molar-refractivity contribution in [1.29, 1.82) is 0 Å². The molecule has 0 aliphatic rings. The number of carbonyl (C=O) groups excluding carboxylic acids is 1. The van der Waals surface area contributed by atoms with Gasteiger partial charge in [-0.3, -0.25) is 4.79 Å². The summed E-state index contributed by atoms with van der Waals surface area (Å²) in [6, 6.07) is 17.2. The molecule has 3 heteroatoms. The molecular weight excluding hydrogens is 238 g/mol. The predicted octanol–water partition coefficient (Wildman–Crippen LogP) is 3.06. The first-order valence-corrected chi connectivity index (χ1v) is 6.02. The standard InChI is InChI=1S/C16H16NO2/c1-13(18)17(12-14-6-4-3-5-7-14)15-8-10-16(19-2)11-9-15/h3-11H,1,12H2,2H3. The molecule has 0 saturated heterocycles. The van der Waals surface area contributed by atoms with E-state index in [1.807, 2.05) is 54.6 Å². The van der Waals surface area contributed by atoms with E-state index in [0.717, 1.165) is 17.0 Å². The summed E-state index contributed by atoms with van der Waals surface area (Å²) in [5.74, 6) is 0.536. The van der Waals surface area contributed by atoms with Crippen LogP contribution in [0.25, 0.3) is 0 Å². The normalized spacial score (nSPS) is 10.0. The van der Waals surface area contributed by atoms with E-state index in [-0.39, 0.29) is 5.91 Å². The van der Waals surface area contributed by atoms with Crippen LogP contribution < -0.4 is 9.64 Å². The number of benzene rings is 2. The van der Waals surface area contributed by atoms with Crippen LogP contribution in [0.5, 0.6) is 5.75 Å². The van der Waals surface area contributed by atoms with Crippen LogP contribution in [0.4, 0.5) is 5.69 Å². The zero-order valence-corrected chi connectivity index (χ0v) is 10.9. The molecule has 0 spiro atoms. The van der Waals surface area contributed by atoms with Crippen LogP contribution in [0.3, 0.4) is 0 Å². The van der Waals surface area contributed by atoms with Crippen molar-refractivity contribution in [2.45, 2.75) is 6.54 Å². The molecule has 2 aromatic carbocycles. The van der Waals surface area contributed by atoms with Gasteiger partial charge in [0.25, 0.3) is 0 Å². The Morgan fingerprint density at radius 1 is 1.11 bits per heavy atom. The maximum absolute atomic E-state index is 11.7. The SMILES string of the molecule is [CH2]C(=O)N(Cc1ccccc1)c1ccc(OC)cc1. The Hall–Kier alpha value is -2.29. The van der Waals surface area contributed by atoms with Gasteiger partial charge in [-0.25, -0.2) is 0 Å². The minimum absolute atomic E-state index is 0.228. The second-order valence-corrected chi connectivity index (χ2v) is 4.16. The smallest absolute Gasteiger partial charge is 0.227 e. The summed E-state index contributed by atoms with van der Waals surface area (Å²) < 4.78 is 5.11. The average molecular weight is 254 g/mol. The maximum atomic E-state index is 11.7. The first-order valence-electron chi connectivity index (χ1n) is 6.02. The largest absolute Gasteiger partial charge is 0.497 e. The summed E-state index contributed by atoms with van der Waals surface area (Å²) in [6.07, 6.45) is 0. The molecule has 0 N–H and O–H groups in total. The Bertz CT molecular complexity index is 534. The summed E-state index contributed by atoms with van der Waals surface area (Å²) in [5.41, 5.74) is 1.87. The lowest BCUT2D eigenvalue weighted by atomic mass is 10.2. The number of carbonyl (C=O) groups is 1. The Morgan fingerprint density at radius 2 is 1.74 bits per heavy atom. The first kappa shape index (κ1) is 13.1. The molecule has 0 aliphatic carbocycles. The van der Waals surface area contributed by atoms with Gasteiger partial charge >= 0.3 is 0 Å². The lowest BCUT2D eigenvalue weighted by Crippen LogP contribution is -2.27. The number of amides is 1. The summed E-state index contributed by atoms with van der Waals surface area (Å²) in [4.78, 5) is 13.3. The molecule has 2 aromatic rings. The number of methoxy groups -OCH3 is 1. The Morgan fingerprint density at radius 3 is 2.26 bits per heavy atom. The summed E-state index contributed by atoms with van der Waals surface area (Å²) in [6.45, 7) is 4.02. The third kappa shape index (κ3) is 3.35. The number of hydrogen-bond donors (Lipinski definition) is 0. The van der Waals surface area contributed by atoms with Gasteiger partial charge in [-0.1, -0.05) is 30.3 Å². The van der Waals surface area contributed by atoms with E-state index in [4.69, 9.17) is 4.74 Å². The average Bonchev–Trinajstić information content (AvgIpc) is 2.46. The molecule has 0 unspecified atom stereocenters. The van der Waals surface area contributed by atoms with Gasteiger partial charge < -0.3 is 9.64 Å². The van der Waals surface area contributed by atoms with E-state index < -0.39 is 0 Å². The van der Waals surface area contributed by atoms with E-state index in [9.17, 15) is 4.79 Å². The van der Waals surface area contributed by atoms with Gasteiger partial charge in [-0.15, -0.1) is 0 Å². The highest BCUT2D eigenvalue weighted by Gasteiger charge is 2.12. The minimum Gasteiger partial charge on any atom is -0.497 e. The number of hydrogen-bond acceptors (Lipinski definition) is 2. The molecule has 0 aromatic heterocycles. The molecule has 0 atom stereocenters. The molecule has 97 valence electrons. The summed E-state index contributed by atoms with van der Waals surface area (Å²) in [5, 5.41) is 0. The first-order chi connectivity index (χ1) is 9.20. The van der Waals surface area contributed by atoms with Crippen molar-refractivity contribution in [2.24, 2.45) is 0 Å². The highest BCUT2D eigenvalue weighted by molar-refractivity contribution is 5.96. The Kier molecular flexibility index (Phi) is 4.18. The van der Waals surface area contributed by atoms with Crippen molar-refractivity contribution in [3.63, 3.8) is 0 Å². The van der Waals surface area contributed by atoms with Crippen LogP contribution >= 0.6 is 0 Å². The fourth-order valence-corrected chi connectivity index (χ4v) is 1.85. The molecule has 1 amide bonds. The van der Waals surface area contributed by atoms with Gasteiger partial charge in [0.05, 0.1) is 13.7 Å². The minimum atomic E-state index is -0.228. The second-order valence-electron chi connectivity index (χ2n) is 4.16. The van der Waals surface area contributed by atoms with Crippen molar-refractivity contribution in [2.75, 3.05) is 12.0 Å². The van der Waals surface area contributed by atoms with Gasteiger partial charge in [0.1, 0.15) is 5.75 Å². The van der Waals surface area contributed by atoms with Crippen LogP contribution in [-0.2, 0) is 11.3 Å². The third-order valence-electron chi connectivity index (χ3n) is 2.87. The Labute approximate surface area is 113 Å². The van der Waals surface area contributed by atoms with Crippen LogP contribution in [0.1, 0.15) is 5.56 Å².